The molecule has 0 fully saturated rings. The van der Waals surface area contributed by atoms with Crippen LogP contribution in [-0.2, 0) is 15.7 Å². The number of hydrogen-bond acceptors (Lipinski definition) is 6. The molecule has 0 saturated carbocycles. The number of fused-ring (bicyclic) bond motifs is 2. The molecule has 1 aromatic carbocycles. The number of aromatic nitrogens is 3. The summed E-state index contributed by atoms with van der Waals surface area (Å²) in [7, 11) is 1.58. The van der Waals surface area contributed by atoms with Crippen molar-refractivity contribution in [1.29, 1.82) is 0 Å². The van der Waals surface area contributed by atoms with Crippen LogP contribution in [-0.4, -0.2) is 48.0 Å². The number of benzene rings is 1. The monoisotopic (exact) mass is 408 g/mol. The molecule has 0 radical (unpaired) electrons. The van der Waals surface area contributed by atoms with Gasteiger partial charge in [-0.3, -0.25) is 0 Å². The normalized spacial score (nSPS) is 19.0. The maximum Gasteiger partial charge on any atom is 0.431 e. The minimum atomic E-state index is -4.50. The van der Waals surface area contributed by atoms with E-state index >= 15 is 0 Å². The Hall–Kier alpha value is -2.85. The van der Waals surface area contributed by atoms with Crippen LogP contribution in [0.3, 0.4) is 0 Å². The zero-order valence-electron chi connectivity index (χ0n) is 15.5. The Morgan fingerprint density at radius 1 is 1.24 bits per heavy atom. The lowest BCUT2D eigenvalue weighted by Crippen LogP contribution is -2.38. The molecule has 0 unspecified atom stereocenters. The Labute approximate surface area is 164 Å². The lowest BCUT2D eigenvalue weighted by atomic mass is 9.98. The van der Waals surface area contributed by atoms with Gasteiger partial charge in [-0.2, -0.15) is 13.2 Å². The zero-order chi connectivity index (χ0) is 20.4. The number of anilines is 1. The number of ether oxygens (including phenoxy) is 3. The number of para-hydroxylation sites is 1. The largest absolute Gasteiger partial charge is 0.490 e. The van der Waals surface area contributed by atoms with E-state index in [1.807, 2.05) is 24.3 Å². The molecule has 0 spiro atoms. The van der Waals surface area contributed by atoms with Crippen molar-refractivity contribution in [1.82, 2.24) is 15.0 Å². The van der Waals surface area contributed by atoms with Crippen LogP contribution in [0.5, 0.6) is 5.75 Å². The van der Waals surface area contributed by atoms with Gasteiger partial charge >= 0.3 is 6.18 Å². The lowest BCUT2D eigenvalue weighted by Gasteiger charge is -2.34. The van der Waals surface area contributed by atoms with Crippen molar-refractivity contribution in [2.75, 3.05) is 32.2 Å². The van der Waals surface area contributed by atoms with Crippen LogP contribution >= 0.6 is 0 Å². The van der Waals surface area contributed by atoms with Crippen molar-refractivity contribution in [2.24, 2.45) is 0 Å². The minimum absolute atomic E-state index is 0.104. The molecule has 2 N–H and O–H groups in total. The van der Waals surface area contributed by atoms with Gasteiger partial charge in [-0.1, -0.05) is 18.2 Å². The number of alkyl halides is 3. The van der Waals surface area contributed by atoms with Gasteiger partial charge in [-0.25, -0.2) is 9.97 Å². The molecule has 2 atom stereocenters. The van der Waals surface area contributed by atoms with Gasteiger partial charge in [0.2, 0.25) is 0 Å². The van der Waals surface area contributed by atoms with Crippen LogP contribution < -0.4 is 10.1 Å². The molecule has 29 heavy (non-hydrogen) atoms. The number of methoxy groups -OCH3 is 1. The summed E-state index contributed by atoms with van der Waals surface area (Å²) < 4.78 is 56.0. The van der Waals surface area contributed by atoms with Crippen molar-refractivity contribution >= 4 is 16.9 Å². The highest BCUT2D eigenvalue weighted by atomic mass is 19.4. The van der Waals surface area contributed by atoms with E-state index in [2.05, 4.69) is 20.3 Å². The molecule has 0 amide bonds. The maximum atomic E-state index is 13.1. The van der Waals surface area contributed by atoms with Gasteiger partial charge in [-0.15, -0.1) is 0 Å². The maximum absolute atomic E-state index is 13.1. The van der Waals surface area contributed by atoms with E-state index in [0.29, 0.717) is 19.0 Å². The summed E-state index contributed by atoms with van der Waals surface area (Å²) in [5.74, 6) is 0.968. The van der Waals surface area contributed by atoms with Crippen LogP contribution in [0, 0.1) is 0 Å². The number of halogens is 3. The number of nitrogens with one attached hydrogen (secondary N) is 2. The second-order valence-corrected chi connectivity index (χ2v) is 6.54. The quantitative estimate of drug-likeness (QED) is 0.607. The number of nitrogens with zero attached hydrogens (tertiary/aromatic N) is 2. The first-order valence-corrected chi connectivity index (χ1v) is 8.97. The van der Waals surface area contributed by atoms with Gasteiger partial charge in [0.1, 0.15) is 41.9 Å². The molecule has 1 aliphatic heterocycles. The molecule has 0 aliphatic carbocycles. The number of rotatable bonds is 6. The van der Waals surface area contributed by atoms with E-state index in [9.17, 15) is 13.2 Å². The highest BCUT2D eigenvalue weighted by Crippen LogP contribution is 2.37. The smallest absolute Gasteiger partial charge is 0.431 e. The fourth-order valence-corrected chi connectivity index (χ4v) is 3.29. The molecular weight excluding hydrogens is 389 g/mol. The van der Waals surface area contributed by atoms with Crippen LogP contribution in [0.15, 0.2) is 36.7 Å². The van der Waals surface area contributed by atoms with Gasteiger partial charge in [-0.05, 0) is 12.1 Å². The van der Waals surface area contributed by atoms with Crippen molar-refractivity contribution < 1.29 is 27.4 Å². The first-order chi connectivity index (χ1) is 14.0. The van der Waals surface area contributed by atoms with Crippen LogP contribution in [0.1, 0.15) is 17.3 Å². The van der Waals surface area contributed by atoms with E-state index in [0.717, 1.165) is 11.6 Å². The highest BCUT2D eigenvalue weighted by molar-refractivity contribution is 5.88. The van der Waals surface area contributed by atoms with Crippen molar-refractivity contribution in [3.05, 3.63) is 47.9 Å². The Kier molecular flexibility index (Phi) is 5.29. The number of hydrogen-bond donors (Lipinski definition) is 2. The predicted octanol–water partition coefficient (Wildman–Crippen LogP) is 3.55. The van der Waals surface area contributed by atoms with Crippen molar-refractivity contribution in [2.45, 2.75) is 18.3 Å². The Morgan fingerprint density at radius 2 is 2.07 bits per heavy atom. The van der Waals surface area contributed by atoms with Crippen LogP contribution in [0.2, 0.25) is 0 Å². The van der Waals surface area contributed by atoms with E-state index < -0.39 is 11.9 Å². The molecular formula is C19H19F3N4O3. The van der Waals surface area contributed by atoms with Crippen LogP contribution in [0.4, 0.5) is 19.0 Å². The van der Waals surface area contributed by atoms with Crippen LogP contribution in [0.25, 0.3) is 11.0 Å². The molecule has 10 heteroatoms. The fraction of sp³-hybridized carbons (Fsp3) is 0.368. The van der Waals surface area contributed by atoms with Gasteiger partial charge in [0.05, 0.1) is 24.6 Å². The predicted molar refractivity (Wildman–Crippen MR) is 98.8 cm³/mol. The summed E-state index contributed by atoms with van der Waals surface area (Å²) in [4.78, 5) is 10.4. The Morgan fingerprint density at radius 3 is 2.86 bits per heavy atom. The summed E-state index contributed by atoms with van der Waals surface area (Å²) in [6.07, 6.45) is -3.67. The molecule has 0 bridgehead atoms. The Balaban J connectivity index is 1.69. The molecule has 154 valence electrons. The van der Waals surface area contributed by atoms with Gasteiger partial charge in [0.25, 0.3) is 0 Å². The third kappa shape index (κ3) is 3.99. The molecule has 4 rings (SSSR count). The molecule has 0 saturated heterocycles. The minimum Gasteiger partial charge on any atom is -0.490 e. The van der Waals surface area contributed by atoms with E-state index in [4.69, 9.17) is 14.2 Å². The average Bonchev–Trinajstić information content (AvgIpc) is 3.15. The summed E-state index contributed by atoms with van der Waals surface area (Å²) in [6, 6.07) is 8.07. The summed E-state index contributed by atoms with van der Waals surface area (Å²) in [5.41, 5.74) is 0.0582. The topological polar surface area (TPSA) is 81.3 Å². The van der Waals surface area contributed by atoms with Gasteiger partial charge in [0.15, 0.2) is 0 Å². The number of H-pyrrole nitrogens is 1. The molecule has 3 heterocycles. The van der Waals surface area contributed by atoms with E-state index in [1.165, 1.54) is 6.33 Å². The lowest BCUT2D eigenvalue weighted by molar-refractivity contribution is -0.140. The van der Waals surface area contributed by atoms with Crippen molar-refractivity contribution in [3.8, 4) is 5.75 Å². The highest BCUT2D eigenvalue weighted by Gasteiger charge is 2.35. The third-order valence-corrected chi connectivity index (χ3v) is 4.67. The van der Waals surface area contributed by atoms with E-state index in [1.54, 1.807) is 7.11 Å². The van der Waals surface area contributed by atoms with E-state index in [-0.39, 0.29) is 35.6 Å². The average molecular weight is 408 g/mol. The SMILES string of the molecule is COCCO[C@H]1COc2ccccc2[C@@H]1Nc1ncnc2[nH]c(C(F)(F)F)cc12. The third-order valence-electron chi connectivity index (χ3n) is 4.67. The number of aromatic amines is 1. The van der Waals surface area contributed by atoms with Gasteiger partial charge < -0.3 is 24.5 Å². The first-order valence-electron chi connectivity index (χ1n) is 8.97. The summed E-state index contributed by atoms with van der Waals surface area (Å²) in [6.45, 7) is 1.05. The Bertz CT molecular complexity index is 992. The molecule has 3 aromatic rings. The second kappa shape index (κ2) is 7.88. The second-order valence-electron chi connectivity index (χ2n) is 6.54. The first kappa shape index (κ1) is 19.5. The summed E-state index contributed by atoms with van der Waals surface area (Å²) in [5, 5.41) is 3.49. The molecule has 7 nitrogen and oxygen atoms in total. The van der Waals surface area contributed by atoms with Gasteiger partial charge in [0, 0.05) is 12.7 Å². The fourth-order valence-electron chi connectivity index (χ4n) is 3.29. The molecule has 1 aliphatic rings. The zero-order valence-corrected chi connectivity index (χ0v) is 15.5. The van der Waals surface area contributed by atoms with Crippen molar-refractivity contribution in [3.63, 3.8) is 0 Å². The summed E-state index contributed by atoms with van der Waals surface area (Å²) >= 11 is 0. The standard InChI is InChI=1S/C19H19F3N4O3/c1-27-6-7-28-14-9-29-13-5-3-2-4-11(13)16(14)26-18-12-8-15(19(20,21)22)25-17(12)23-10-24-18/h2-5,8,10,14,16H,6-7,9H2,1H3,(H2,23,24,25,26)/t14-,16-/m0/s1. The molecule has 2 aromatic heterocycles.